The highest BCUT2D eigenvalue weighted by atomic mass is 16.4. The first-order valence-electron chi connectivity index (χ1n) is 5.45. The molecule has 0 heterocycles. The number of carboxylic acid groups (broad SMARTS) is 1. The second-order valence-electron chi connectivity index (χ2n) is 3.30. The molecule has 0 radical (unpaired) electrons. The summed E-state index contributed by atoms with van der Waals surface area (Å²) < 4.78 is 0. The fourth-order valence-corrected chi connectivity index (χ4v) is 1.03. The monoisotopic (exact) mass is 225 g/mol. The summed E-state index contributed by atoms with van der Waals surface area (Å²) in [6.07, 6.45) is 11.0. The second-order valence-corrected chi connectivity index (χ2v) is 3.30. The van der Waals surface area contributed by atoms with Crippen LogP contribution >= 0.6 is 0 Å². The van der Waals surface area contributed by atoms with E-state index >= 15 is 0 Å². The number of hydrogen-bond donors (Lipinski definition) is 2. The van der Waals surface area contributed by atoms with Crippen LogP contribution in [-0.4, -0.2) is 23.5 Å². The van der Waals surface area contributed by atoms with Crippen LogP contribution in [0.4, 0.5) is 0 Å². The molecular formula is C12H19NO3. The number of amides is 1. The van der Waals surface area contributed by atoms with Crippen molar-refractivity contribution >= 4 is 11.9 Å². The Kier molecular flexibility index (Phi) is 8.97. The second kappa shape index (κ2) is 9.96. The zero-order valence-electron chi connectivity index (χ0n) is 9.61. The highest BCUT2D eigenvalue weighted by molar-refractivity contribution is 5.81. The molecule has 0 saturated heterocycles. The van der Waals surface area contributed by atoms with Crippen molar-refractivity contribution in [1.82, 2.24) is 5.32 Å². The van der Waals surface area contributed by atoms with Crippen LogP contribution in [0.1, 0.15) is 32.6 Å². The summed E-state index contributed by atoms with van der Waals surface area (Å²) in [6, 6.07) is 0. The van der Waals surface area contributed by atoms with E-state index in [-0.39, 0.29) is 12.5 Å². The summed E-state index contributed by atoms with van der Waals surface area (Å²) in [6.45, 7) is 1.77. The van der Waals surface area contributed by atoms with Crippen molar-refractivity contribution in [3.8, 4) is 0 Å². The molecule has 0 saturated carbocycles. The number of allylic oxidation sites excluding steroid dienone is 4. The van der Waals surface area contributed by atoms with E-state index in [1.54, 1.807) is 0 Å². The number of carbonyl (C=O) groups excluding carboxylic acids is 1. The topological polar surface area (TPSA) is 66.4 Å². The average molecular weight is 225 g/mol. The molecule has 1 amide bonds. The predicted octanol–water partition coefficient (Wildman–Crippen LogP) is 1.88. The molecular weight excluding hydrogens is 206 g/mol. The van der Waals surface area contributed by atoms with Crippen LogP contribution in [0.3, 0.4) is 0 Å². The summed E-state index contributed by atoms with van der Waals surface area (Å²) in [5.74, 6) is -1.25. The van der Waals surface area contributed by atoms with Gasteiger partial charge >= 0.3 is 5.97 Å². The van der Waals surface area contributed by atoms with Gasteiger partial charge in [0.25, 0.3) is 0 Å². The minimum Gasteiger partial charge on any atom is -0.480 e. The van der Waals surface area contributed by atoms with Gasteiger partial charge in [0.05, 0.1) is 0 Å². The quantitative estimate of drug-likeness (QED) is 0.620. The Morgan fingerprint density at radius 3 is 2.50 bits per heavy atom. The summed E-state index contributed by atoms with van der Waals surface area (Å²) in [7, 11) is 0. The molecule has 0 aliphatic carbocycles. The highest BCUT2D eigenvalue weighted by Crippen LogP contribution is 1.94. The van der Waals surface area contributed by atoms with Crippen LogP contribution in [0, 0.1) is 0 Å². The van der Waals surface area contributed by atoms with E-state index in [4.69, 9.17) is 5.11 Å². The molecule has 0 aliphatic heterocycles. The Bertz CT molecular complexity index is 269. The third-order valence-corrected chi connectivity index (χ3v) is 1.82. The number of carbonyl (C=O) groups is 2. The van der Waals surface area contributed by atoms with Gasteiger partial charge in [0.2, 0.25) is 5.91 Å². The molecule has 0 bridgehead atoms. The van der Waals surface area contributed by atoms with Crippen molar-refractivity contribution in [2.75, 3.05) is 6.54 Å². The molecule has 0 rings (SSSR count). The van der Waals surface area contributed by atoms with Gasteiger partial charge < -0.3 is 10.4 Å². The van der Waals surface area contributed by atoms with Gasteiger partial charge in [-0.1, -0.05) is 31.2 Å². The van der Waals surface area contributed by atoms with Gasteiger partial charge in [0.15, 0.2) is 0 Å². The van der Waals surface area contributed by atoms with Gasteiger partial charge in [0.1, 0.15) is 6.54 Å². The lowest BCUT2D eigenvalue weighted by Gasteiger charge is -1.99. The predicted molar refractivity (Wildman–Crippen MR) is 63.1 cm³/mol. The van der Waals surface area contributed by atoms with Crippen molar-refractivity contribution < 1.29 is 14.7 Å². The molecule has 4 heteroatoms. The molecule has 0 aromatic carbocycles. The third-order valence-electron chi connectivity index (χ3n) is 1.82. The lowest BCUT2D eigenvalue weighted by Crippen LogP contribution is -2.28. The first-order valence-corrected chi connectivity index (χ1v) is 5.45. The number of nitrogens with one attached hydrogen (secondary N) is 1. The minimum atomic E-state index is -1.02. The molecule has 0 aromatic heterocycles. The molecule has 4 nitrogen and oxygen atoms in total. The van der Waals surface area contributed by atoms with Crippen LogP contribution in [0.5, 0.6) is 0 Å². The van der Waals surface area contributed by atoms with E-state index in [2.05, 4.69) is 24.4 Å². The van der Waals surface area contributed by atoms with Crippen molar-refractivity contribution in [1.29, 1.82) is 0 Å². The third kappa shape index (κ3) is 10.5. The summed E-state index contributed by atoms with van der Waals surface area (Å²) in [5, 5.41) is 10.6. The molecule has 90 valence electrons. The van der Waals surface area contributed by atoms with Crippen LogP contribution in [0.25, 0.3) is 0 Å². The first-order chi connectivity index (χ1) is 7.66. The highest BCUT2D eigenvalue weighted by Gasteiger charge is 2.01. The number of carboxylic acids is 1. The Morgan fingerprint density at radius 1 is 1.19 bits per heavy atom. The number of rotatable bonds is 8. The van der Waals surface area contributed by atoms with Gasteiger partial charge in [-0.05, 0) is 19.3 Å². The Hall–Kier alpha value is -1.58. The normalized spacial score (nSPS) is 11.1. The van der Waals surface area contributed by atoms with Crippen molar-refractivity contribution in [2.45, 2.75) is 32.6 Å². The number of aliphatic carboxylic acids is 1. The lowest BCUT2D eigenvalue weighted by atomic mass is 10.2. The average Bonchev–Trinajstić information content (AvgIpc) is 2.25. The van der Waals surface area contributed by atoms with Crippen molar-refractivity contribution in [2.24, 2.45) is 0 Å². The molecule has 16 heavy (non-hydrogen) atoms. The molecule has 0 atom stereocenters. The van der Waals surface area contributed by atoms with Gasteiger partial charge in [-0.3, -0.25) is 9.59 Å². The van der Waals surface area contributed by atoms with Gasteiger partial charge in [-0.15, -0.1) is 0 Å². The maximum absolute atomic E-state index is 11.1. The maximum Gasteiger partial charge on any atom is 0.322 e. The Balaban J connectivity index is 3.46. The Morgan fingerprint density at radius 2 is 1.88 bits per heavy atom. The fraction of sp³-hybridized carbons (Fsp3) is 0.500. The number of hydrogen-bond acceptors (Lipinski definition) is 2. The van der Waals surface area contributed by atoms with Crippen LogP contribution < -0.4 is 5.32 Å². The zero-order chi connectivity index (χ0) is 12.2. The van der Waals surface area contributed by atoms with E-state index in [9.17, 15) is 9.59 Å². The summed E-state index contributed by atoms with van der Waals surface area (Å²) in [4.78, 5) is 21.2. The Labute approximate surface area is 96.0 Å². The van der Waals surface area contributed by atoms with Crippen LogP contribution in [0.2, 0.25) is 0 Å². The molecule has 0 aromatic rings. The molecule has 0 spiro atoms. The molecule has 0 unspecified atom stereocenters. The lowest BCUT2D eigenvalue weighted by molar-refractivity contribution is -0.137. The SMILES string of the molecule is CC/C=C\C/C=C\CCC(=O)NCC(=O)O. The van der Waals surface area contributed by atoms with E-state index < -0.39 is 5.97 Å². The van der Waals surface area contributed by atoms with E-state index in [0.717, 1.165) is 12.8 Å². The van der Waals surface area contributed by atoms with Gasteiger partial charge in [0, 0.05) is 6.42 Å². The van der Waals surface area contributed by atoms with Crippen molar-refractivity contribution in [3.05, 3.63) is 24.3 Å². The summed E-state index contributed by atoms with van der Waals surface area (Å²) >= 11 is 0. The fourth-order valence-electron chi connectivity index (χ4n) is 1.03. The van der Waals surface area contributed by atoms with Crippen LogP contribution in [0.15, 0.2) is 24.3 Å². The molecule has 0 fully saturated rings. The van der Waals surface area contributed by atoms with Crippen molar-refractivity contribution in [3.63, 3.8) is 0 Å². The smallest absolute Gasteiger partial charge is 0.322 e. The van der Waals surface area contributed by atoms with E-state index in [0.29, 0.717) is 12.8 Å². The standard InChI is InChI=1S/C12H19NO3/c1-2-3-4-5-6-7-8-9-11(14)13-10-12(15)16/h3-4,6-7H,2,5,8-10H2,1H3,(H,13,14)(H,15,16)/b4-3-,7-6-. The molecule has 0 aliphatic rings. The maximum atomic E-state index is 11.1. The first kappa shape index (κ1) is 14.4. The summed E-state index contributed by atoms with van der Waals surface area (Å²) in [5.41, 5.74) is 0. The van der Waals surface area contributed by atoms with E-state index in [1.807, 2.05) is 12.2 Å². The van der Waals surface area contributed by atoms with Gasteiger partial charge in [-0.25, -0.2) is 0 Å². The molecule has 2 N–H and O–H groups in total. The zero-order valence-corrected chi connectivity index (χ0v) is 9.61. The largest absolute Gasteiger partial charge is 0.480 e. The minimum absolute atomic E-state index is 0.226. The van der Waals surface area contributed by atoms with E-state index in [1.165, 1.54) is 0 Å². The van der Waals surface area contributed by atoms with Crippen LogP contribution in [-0.2, 0) is 9.59 Å². The van der Waals surface area contributed by atoms with Gasteiger partial charge in [-0.2, -0.15) is 0 Å².